The number of aryl methyl sites for hydroxylation is 2. The number of amides is 1. The van der Waals surface area contributed by atoms with Crippen LogP contribution in [-0.4, -0.2) is 24.0 Å². The average Bonchev–Trinajstić information content (AvgIpc) is 2.62. The molecule has 3 rings (SSSR count). The number of pyridine rings is 1. The number of carbonyl (C=O) groups excluding carboxylic acids is 1. The third-order valence-electron chi connectivity index (χ3n) is 4.57. The molecule has 1 aliphatic rings. The molecule has 128 valence electrons. The lowest BCUT2D eigenvalue weighted by molar-refractivity contribution is -0.120. The average molecular weight is 334 g/mol. The molecule has 1 saturated heterocycles. The van der Waals surface area contributed by atoms with Crippen LogP contribution in [0.2, 0.25) is 0 Å². The first-order chi connectivity index (χ1) is 12.1. The normalized spacial score (nSPS) is 17.0. The van der Waals surface area contributed by atoms with Gasteiger partial charge < -0.3 is 10.2 Å². The molecule has 1 unspecified atom stereocenters. The maximum Gasteiger partial charge on any atom is 0.229 e. The van der Waals surface area contributed by atoms with Gasteiger partial charge in [0.05, 0.1) is 11.5 Å². The van der Waals surface area contributed by atoms with Crippen molar-refractivity contribution in [1.29, 1.82) is 5.26 Å². The summed E-state index contributed by atoms with van der Waals surface area (Å²) in [5.74, 6) is 0.624. The summed E-state index contributed by atoms with van der Waals surface area (Å²) in [4.78, 5) is 19.3. The van der Waals surface area contributed by atoms with Crippen LogP contribution in [0.15, 0.2) is 36.4 Å². The van der Waals surface area contributed by atoms with Gasteiger partial charge in [-0.1, -0.05) is 18.2 Å². The first kappa shape index (κ1) is 17.0. The maximum atomic E-state index is 12.6. The fraction of sp³-hybridized carbons (Fsp3) is 0.350. The molecule has 0 aliphatic carbocycles. The summed E-state index contributed by atoms with van der Waals surface area (Å²) in [6.07, 6.45) is 1.76. The summed E-state index contributed by atoms with van der Waals surface area (Å²) < 4.78 is 0. The number of hydrogen-bond donors (Lipinski definition) is 1. The first-order valence-electron chi connectivity index (χ1n) is 8.57. The van der Waals surface area contributed by atoms with Gasteiger partial charge in [-0.3, -0.25) is 4.79 Å². The van der Waals surface area contributed by atoms with Crippen LogP contribution < -0.4 is 10.2 Å². The maximum absolute atomic E-state index is 12.6. The molecule has 5 heteroatoms. The SMILES string of the molecule is Cc1cc(C)c(C#N)c(N2CCCC(C(=O)Nc3ccccc3)C2)n1. The van der Waals surface area contributed by atoms with Crippen LogP contribution in [-0.2, 0) is 4.79 Å². The van der Waals surface area contributed by atoms with Gasteiger partial charge >= 0.3 is 0 Å². The Morgan fingerprint density at radius 1 is 1.32 bits per heavy atom. The Balaban J connectivity index is 1.78. The zero-order valence-electron chi connectivity index (χ0n) is 14.6. The van der Waals surface area contributed by atoms with Crippen molar-refractivity contribution in [3.05, 3.63) is 53.2 Å². The lowest BCUT2D eigenvalue weighted by atomic mass is 9.96. The second-order valence-electron chi connectivity index (χ2n) is 6.53. The smallest absolute Gasteiger partial charge is 0.229 e. The molecule has 0 radical (unpaired) electrons. The van der Waals surface area contributed by atoms with Crippen LogP contribution >= 0.6 is 0 Å². The number of rotatable bonds is 3. The highest BCUT2D eigenvalue weighted by Crippen LogP contribution is 2.27. The van der Waals surface area contributed by atoms with Crippen LogP contribution in [0.5, 0.6) is 0 Å². The largest absolute Gasteiger partial charge is 0.355 e. The van der Waals surface area contributed by atoms with E-state index in [-0.39, 0.29) is 11.8 Å². The van der Waals surface area contributed by atoms with Crippen LogP contribution in [0.1, 0.15) is 29.7 Å². The second-order valence-corrected chi connectivity index (χ2v) is 6.53. The number of piperidine rings is 1. The number of benzene rings is 1. The van der Waals surface area contributed by atoms with Crippen LogP contribution in [0.3, 0.4) is 0 Å². The minimum atomic E-state index is -0.108. The number of hydrogen-bond acceptors (Lipinski definition) is 4. The molecule has 5 nitrogen and oxygen atoms in total. The fourth-order valence-corrected chi connectivity index (χ4v) is 3.33. The van der Waals surface area contributed by atoms with E-state index in [0.717, 1.165) is 36.3 Å². The van der Waals surface area contributed by atoms with E-state index in [9.17, 15) is 10.1 Å². The van der Waals surface area contributed by atoms with Crippen LogP contribution in [0.25, 0.3) is 0 Å². The minimum absolute atomic E-state index is 0.0267. The molecule has 1 amide bonds. The molecule has 1 aromatic heterocycles. The Hall–Kier alpha value is -2.87. The molecule has 1 aromatic carbocycles. The summed E-state index contributed by atoms with van der Waals surface area (Å²) in [6.45, 7) is 5.27. The molecular formula is C20H22N4O. The van der Waals surface area contributed by atoms with Gasteiger partial charge in [0.1, 0.15) is 11.9 Å². The van der Waals surface area contributed by atoms with Gasteiger partial charge in [0.25, 0.3) is 0 Å². The number of para-hydroxylation sites is 1. The van der Waals surface area contributed by atoms with Gasteiger partial charge in [-0.2, -0.15) is 5.26 Å². The van der Waals surface area contributed by atoms with E-state index in [2.05, 4.69) is 21.3 Å². The van der Waals surface area contributed by atoms with Crippen molar-refractivity contribution in [3.63, 3.8) is 0 Å². The summed E-state index contributed by atoms with van der Waals surface area (Å²) in [5.41, 5.74) is 3.24. The van der Waals surface area contributed by atoms with Crippen molar-refractivity contribution in [3.8, 4) is 6.07 Å². The Morgan fingerprint density at radius 2 is 2.08 bits per heavy atom. The number of carbonyl (C=O) groups is 1. The molecule has 0 bridgehead atoms. The first-order valence-corrected chi connectivity index (χ1v) is 8.57. The monoisotopic (exact) mass is 334 g/mol. The zero-order valence-corrected chi connectivity index (χ0v) is 14.6. The van der Waals surface area contributed by atoms with E-state index in [1.165, 1.54) is 0 Å². The number of aromatic nitrogens is 1. The van der Waals surface area contributed by atoms with Crippen LogP contribution in [0.4, 0.5) is 11.5 Å². The summed E-state index contributed by atoms with van der Waals surface area (Å²) in [5, 5.41) is 12.5. The molecule has 1 fully saturated rings. The Morgan fingerprint density at radius 3 is 2.80 bits per heavy atom. The van der Waals surface area contributed by atoms with E-state index in [0.29, 0.717) is 17.9 Å². The van der Waals surface area contributed by atoms with E-state index in [1.54, 1.807) is 0 Å². The zero-order chi connectivity index (χ0) is 17.8. The number of anilines is 2. The summed E-state index contributed by atoms with van der Waals surface area (Å²) in [7, 11) is 0. The van der Waals surface area contributed by atoms with Crippen molar-refractivity contribution in [2.24, 2.45) is 5.92 Å². The Labute approximate surface area is 148 Å². The molecule has 1 aliphatic heterocycles. The fourth-order valence-electron chi connectivity index (χ4n) is 3.33. The third-order valence-corrected chi connectivity index (χ3v) is 4.57. The van der Waals surface area contributed by atoms with Gasteiger partial charge in [-0.15, -0.1) is 0 Å². The van der Waals surface area contributed by atoms with Crippen LogP contribution in [0, 0.1) is 31.1 Å². The highest BCUT2D eigenvalue weighted by atomic mass is 16.1. The quantitative estimate of drug-likeness (QED) is 0.934. The van der Waals surface area contributed by atoms with Gasteiger partial charge in [0.15, 0.2) is 0 Å². The topological polar surface area (TPSA) is 69.0 Å². The third kappa shape index (κ3) is 3.80. The molecule has 1 atom stereocenters. The Kier molecular flexibility index (Phi) is 4.99. The highest BCUT2D eigenvalue weighted by Gasteiger charge is 2.28. The lowest BCUT2D eigenvalue weighted by Crippen LogP contribution is -2.41. The number of nitriles is 1. The molecule has 0 spiro atoms. The molecule has 2 aromatic rings. The lowest BCUT2D eigenvalue weighted by Gasteiger charge is -2.33. The van der Waals surface area contributed by atoms with Crippen molar-refractivity contribution < 1.29 is 4.79 Å². The van der Waals surface area contributed by atoms with E-state index in [1.807, 2.05) is 50.2 Å². The summed E-state index contributed by atoms with van der Waals surface area (Å²) >= 11 is 0. The predicted octanol–water partition coefficient (Wildman–Crippen LogP) is 3.43. The van der Waals surface area contributed by atoms with E-state index < -0.39 is 0 Å². The number of nitrogens with zero attached hydrogens (tertiary/aromatic N) is 3. The van der Waals surface area contributed by atoms with Gasteiger partial charge in [0, 0.05) is 24.5 Å². The Bertz CT molecular complexity index is 810. The summed E-state index contributed by atoms with van der Waals surface area (Å²) in [6, 6.07) is 13.7. The van der Waals surface area contributed by atoms with Crippen molar-refractivity contribution >= 4 is 17.4 Å². The molecule has 1 N–H and O–H groups in total. The molecule has 0 saturated carbocycles. The predicted molar refractivity (Wildman–Crippen MR) is 98.4 cm³/mol. The van der Waals surface area contributed by atoms with Crippen molar-refractivity contribution in [1.82, 2.24) is 4.98 Å². The van der Waals surface area contributed by atoms with Gasteiger partial charge in [-0.05, 0) is 50.5 Å². The number of nitrogens with one attached hydrogen (secondary N) is 1. The van der Waals surface area contributed by atoms with E-state index in [4.69, 9.17) is 0 Å². The molecular weight excluding hydrogens is 312 g/mol. The van der Waals surface area contributed by atoms with Gasteiger partial charge in [-0.25, -0.2) is 4.98 Å². The van der Waals surface area contributed by atoms with Crippen molar-refractivity contribution in [2.75, 3.05) is 23.3 Å². The standard InChI is InChI=1S/C20H22N4O/c1-14-11-15(2)22-19(18(14)12-21)24-10-6-7-16(13-24)20(25)23-17-8-4-3-5-9-17/h3-5,8-9,11,16H,6-7,10,13H2,1-2H3,(H,23,25). The minimum Gasteiger partial charge on any atom is -0.355 e. The van der Waals surface area contributed by atoms with E-state index >= 15 is 0 Å². The second kappa shape index (κ2) is 7.35. The van der Waals surface area contributed by atoms with Crippen molar-refractivity contribution in [2.45, 2.75) is 26.7 Å². The highest BCUT2D eigenvalue weighted by molar-refractivity contribution is 5.93. The molecule has 25 heavy (non-hydrogen) atoms. The van der Waals surface area contributed by atoms with Gasteiger partial charge in [0.2, 0.25) is 5.91 Å². The molecule has 2 heterocycles.